The Labute approximate surface area is 103 Å². The molecule has 1 amide bonds. The normalized spacial score (nSPS) is 10.2. The SMILES string of the molecule is CCCCCSc1nc(N)c(NC=O)c(=O)[nH]1. The first kappa shape index (κ1) is 13.6. The fraction of sp³-hybridized carbons (Fsp3) is 0.500. The molecule has 0 saturated carbocycles. The average molecular weight is 256 g/mol. The molecule has 0 atom stereocenters. The highest BCUT2D eigenvalue weighted by molar-refractivity contribution is 7.99. The molecule has 0 radical (unpaired) electrons. The van der Waals surface area contributed by atoms with Crippen molar-refractivity contribution in [1.82, 2.24) is 9.97 Å². The van der Waals surface area contributed by atoms with Gasteiger partial charge in [0.25, 0.3) is 5.56 Å². The molecular weight excluding hydrogens is 240 g/mol. The molecule has 0 spiro atoms. The number of H-pyrrole nitrogens is 1. The topological polar surface area (TPSA) is 101 Å². The zero-order valence-corrected chi connectivity index (χ0v) is 10.5. The van der Waals surface area contributed by atoms with E-state index in [1.165, 1.54) is 11.8 Å². The summed E-state index contributed by atoms with van der Waals surface area (Å²) < 4.78 is 0. The molecule has 1 aromatic heterocycles. The highest BCUT2D eigenvalue weighted by Crippen LogP contribution is 2.17. The molecule has 6 nitrogen and oxygen atoms in total. The van der Waals surface area contributed by atoms with E-state index in [1.807, 2.05) is 0 Å². The van der Waals surface area contributed by atoms with E-state index in [2.05, 4.69) is 22.2 Å². The van der Waals surface area contributed by atoms with Gasteiger partial charge in [-0.2, -0.15) is 0 Å². The summed E-state index contributed by atoms with van der Waals surface area (Å²) in [5.41, 5.74) is 5.14. The smallest absolute Gasteiger partial charge is 0.277 e. The van der Waals surface area contributed by atoms with Gasteiger partial charge in [-0.1, -0.05) is 31.5 Å². The third-order valence-corrected chi connectivity index (χ3v) is 3.08. The zero-order chi connectivity index (χ0) is 12.7. The number of aromatic nitrogens is 2. The molecule has 1 aromatic rings. The third-order valence-electron chi connectivity index (χ3n) is 2.12. The molecule has 0 aliphatic rings. The maximum atomic E-state index is 11.5. The van der Waals surface area contributed by atoms with E-state index in [-0.39, 0.29) is 11.5 Å². The Morgan fingerprint density at radius 2 is 2.29 bits per heavy atom. The first-order valence-electron chi connectivity index (χ1n) is 5.41. The molecule has 1 rings (SSSR count). The summed E-state index contributed by atoms with van der Waals surface area (Å²) >= 11 is 1.45. The van der Waals surface area contributed by atoms with E-state index in [1.54, 1.807) is 0 Å². The fourth-order valence-corrected chi connectivity index (χ4v) is 2.13. The second-order valence-corrected chi connectivity index (χ2v) is 4.53. The number of rotatable bonds is 7. The maximum Gasteiger partial charge on any atom is 0.277 e. The van der Waals surface area contributed by atoms with Crippen molar-refractivity contribution in [3.05, 3.63) is 10.4 Å². The number of hydrogen-bond donors (Lipinski definition) is 3. The number of anilines is 2. The predicted molar refractivity (Wildman–Crippen MR) is 69.2 cm³/mol. The molecule has 4 N–H and O–H groups in total. The van der Waals surface area contributed by atoms with Crippen molar-refractivity contribution in [3.8, 4) is 0 Å². The molecule has 0 saturated heterocycles. The lowest BCUT2D eigenvalue weighted by Gasteiger charge is -2.05. The van der Waals surface area contributed by atoms with Crippen molar-refractivity contribution in [1.29, 1.82) is 0 Å². The standard InChI is InChI=1S/C10H16N4O2S/c1-2-3-4-5-17-10-13-8(11)7(12-6-15)9(16)14-10/h6H,2-5H2,1H3,(H,12,15)(H3,11,13,14,16). The van der Waals surface area contributed by atoms with Gasteiger partial charge in [0.2, 0.25) is 6.41 Å². The Morgan fingerprint density at radius 1 is 1.53 bits per heavy atom. The van der Waals surface area contributed by atoms with Crippen LogP contribution in [0.25, 0.3) is 0 Å². The number of unbranched alkanes of at least 4 members (excludes halogenated alkanes) is 2. The molecule has 7 heteroatoms. The summed E-state index contributed by atoms with van der Waals surface area (Å²) in [6.07, 6.45) is 3.77. The number of nitrogens with one attached hydrogen (secondary N) is 2. The quantitative estimate of drug-likeness (QED) is 0.294. The summed E-state index contributed by atoms with van der Waals surface area (Å²) in [5, 5.41) is 2.71. The molecule has 0 aromatic carbocycles. The number of aromatic amines is 1. The Hall–Kier alpha value is -1.50. The molecule has 1 heterocycles. The van der Waals surface area contributed by atoms with Crippen LogP contribution in [0, 0.1) is 0 Å². The predicted octanol–water partition coefficient (Wildman–Crippen LogP) is 1.20. The van der Waals surface area contributed by atoms with Crippen LogP contribution in [0.5, 0.6) is 0 Å². The minimum absolute atomic E-state index is 0.00194. The Bertz CT molecular complexity index is 433. The monoisotopic (exact) mass is 256 g/mol. The summed E-state index contributed by atoms with van der Waals surface area (Å²) in [7, 11) is 0. The number of thioether (sulfide) groups is 1. The van der Waals surface area contributed by atoms with E-state index in [4.69, 9.17) is 5.73 Å². The Balaban J connectivity index is 2.69. The van der Waals surface area contributed by atoms with Crippen molar-refractivity contribution in [2.75, 3.05) is 16.8 Å². The molecular formula is C10H16N4O2S. The number of hydrogen-bond acceptors (Lipinski definition) is 5. The van der Waals surface area contributed by atoms with Gasteiger partial charge >= 0.3 is 0 Å². The largest absolute Gasteiger partial charge is 0.382 e. The second-order valence-electron chi connectivity index (χ2n) is 3.45. The first-order valence-corrected chi connectivity index (χ1v) is 6.40. The molecule has 0 fully saturated rings. The van der Waals surface area contributed by atoms with Gasteiger partial charge in [0.1, 0.15) is 5.69 Å². The van der Waals surface area contributed by atoms with Crippen molar-refractivity contribution < 1.29 is 4.79 Å². The van der Waals surface area contributed by atoms with Crippen LogP contribution in [0.3, 0.4) is 0 Å². The van der Waals surface area contributed by atoms with Crippen molar-refractivity contribution in [2.24, 2.45) is 0 Å². The lowest BCUT2D eigenvalue weighted by Crippen LogP contribution is -2.18. The van der Waals surface area contributed by atoms with Crippen molar-refractivity contribution >= 4 is 29.7 Å². The van der Waals surface area contributed by atoms with Crippen LogP contribution in [0.1, 0.15) is 26.2 Å². The summed E-state index contributed by atoms with van der Waals surface area (Å²) in [4.78, 5) is 28.4. The number of carbonyl (C=O) groups excluding carboxylic acids is 1. The third kappa shape index (κ3) is 4.10. The van der Waals surface area contributed by atoms with Gasteiger partial charge < -0.3 is 11.1 Å². The van der Waals surface area contributed by atoms with E-state index in [0.29, 0.717) is 11.6 Å². The summed E-state index contributed by atoms with van der Waals surface area (Å²) in [6.45, 7) is 2.13. The number of amides is 1. The minimum Gasteiger partial charge on any atom is -0.382 e. The van der Waals surface area contributed by atoms with Gasteiger partial charge in [0.05, 0.1) is 0 Å². The van der Waals surface area contributed by atoms with Crippen molar-refractivity contribution in [3.63, 3.8) is 0 Å². The summed E-state index contributed by atoms with van der Waals surface area (Å²) in [6, 6.07) is 0. The van der Waals surface area contributed by atoms with Gasteiger partial charge in [-0.05, 0) is 6.42 Å². The number of nitrogens with zero attached hydrogens (tertiary/aromatic N) is 1. The van der Waals surface area contributed by atoms with E-state index >= 15 is 0 Å². The molecule has 0 bridgehead atoms. The van der Waals surface area contributed by atoms with E-state index in [9.17, 15) is 9.59 Å². The minimum atomic E-state index is -0.428. The molecule has 0 aliphatic heterocycles. The Kier molecular flexibility index (Phi) is 5.55. The van der Waals surface area contributed by atoms with Gasteiger partial charge in [-0.3, -0.25) is 14.6 Å². The summed E-state index contributed by atoms with van der Waals surface area (Å²) in [5.74, 6) is 0.926. The van der Waals surface area contributed by atoms with Gasteiger partial charge in [0, 0.05) is 5.75 Å². The van der Waals surface area contributed by atoms with Gasteiger partial charge in [-0.25, -0.2) is 4.98 Å². The highest BCUT2D eigenvalue weighted by atomic mass is 32.2. The average Bonchev–Trinajstić information content (AvgIpc) is 2.29. The fourth-order valence-electron chi connectivity index (χ4n) is 1.26. The van der Waals surface area contributed by atoms with Crippen LogP contribution in [-0.4, -0.2) is 22.1 Å². The molecule has 0 aliphatic carbocycles. The van der Waals surface area contributed by atoms with Gasteiger partial charge in [0.15, 0.2) is 11.0 Å². The van der Waals surface area contributed by atoms with Crippen LogP contribution in [0.2, 0.25) is 0 Å². The van der Waals surface area contributed by atoms with Crippen LogP contribution < -0.4 is 16.6 Å². The molecule has 94 valence electrons. The van der Waals surface area contributed by atoms with E-state index in [0.717, 1.165) is 25.0 Å². The molecule has 17 heavy (non-hydrogen) atoms. The van der Waals surface area contributed by atoms with Crippen molar-refractivity contribution in [2.45, 2.75) is 31.3 Å². The van der Waals surface area contributed by atoms with E-state index < -0.39 is 5.56 Å². The van der Waals surface area contributed by atoms with Crippen LogP contribution >= 0.6 is 11.8 Å². The second kappa shape index (κ2) is 6.95. The van der Waals surface area contributed by atoms with Gasteiger partial charge in [-0.15, -0.1) is 0 Å². The maximum absolute atomic E-state index is 11.5. The first-order chi connectivity index (χ1) is 8.19. The number of nitrogen functional groups attached to an aromatic ring is 1. The zero-order valence-electron chi connectivity index (χ0n) is 9.66. The number of carbonyl (C=O) groups is 1. The van der Waals surface area contributed by atoms with Crippen LogP contribution in [0.15, 0.2) is 9.95 Å². The Morgan fingerprint density at radius 3 is 2.88 bits per heavy atom. The van der Waals surface area contributed by atoms with Crippen LogP contribution in [-0.2, 0) is 4.79 Å². The highest BCUT2D eigenvalue weighted by Gasteiger charge is 2.08. The number of nitrogens with two attached hydrogens (primary N) is 1. The lowest BCUT2D eigenvalue weighted by atomic mass is 10.3. The lowest BCUT2D eigenvalue weighted by molar-refractivity contribution is -0.105. The molecule has 0 unspecified atom stereocenters. The van der Waals surface area contributed by atoms with Crippen LogP contribution in [0.4, 0.5) is 11.5 Å².